The number of alkyl carbamates (subject to hydrolysis) is 1. The molecule has 2 rings (SSSR count). The van der Waals surface area contributed by atoms with E-state index in [1.165, 1.54) is 18.0 Å². The summed E-state index contributed by atoms with van der Waals surface area (Å²) >= 11 is 0. The Kier molecular flexibility index (Phi) is 6.37. The molecular weight excluding hydrogens is 373 g/mol. The van der Waals surface area contributed by atoms with E-state index in [-0.39, 0.29) is 30.2 Å². The van der Waals surface area contributed by atoms with Gasteiger partial charge in [-0.1, -0.05) is 0 Å². The molecule has 2 heterocycles. The number of hydrogen-bond acceptors (Lipinski definition) is 7. The number of fused-ring (bicyclic) bond motifs is 1. The molecule has 2 amide bonds. The van der Waals surface area contributed by atoms with Gasteiger partial charge < -0.3 is 20.3 Å². The summed E-state index contributed by atoms with van der Waals surface area (Å²) in [7, 11) is 1.51. The topological polar surface area (TPSA) is 127 Å². The van der Waals surface area contributed by atoms with Crippen LogP contribution in [0.4, 0.5) is 20.7 Å². The number of nitrogens with one attached hydrogen (secondary N) is 2. The van der Waals surface area contributed by atoms with Crippen molar-refractivity contribution in [1.29, 1.82) is 0 Å². The van der Waals surface area contributed by atoms with Crippen molar-refractivity contribution in [1.82, 2.24) is 15.2 Å². The first kappa shape index (κ1) is 21.3. The van der Waals surface area contributed by atoms with E-state index in [2.05, 4.69) is 15.6 Å². The number of aromatic nitrogens is 1. The Morgan fingerprint density at radius 2 is 2.18 bits per heavy atom. The SMILES string of the molecule is CNc1nc2c(cc1[N+](=O)[O-])C(=O)N(C[C@@H](CF)NC(=O)OC(C)(C)C)CC2. The molecule has 11 heteroatoms. The van der Waals surface area contributed by atoms with Gasteiger partial charge in [0.15, 0.2) is 0 Å². The molecule has 0 radical (unpaired) electrons. The molecule has 2 N–H and O–H groups in total. The number of halogens is 1. The fourth-order valence-corrected chi connectivity index (χ4v) is 2.80. The van der Waals surface area contributed by atoms with Gasteiger partial charge in [-0.25, -0.2) is 14.2 Å². The maximum atomic E-state index is 13.4. The van der Waals surface area contributed by atoms with E-state index in [0.717, 1.165) is 0 Å². The van der Waals surface area contributed by atoms with Crippen LogP contribution in [0.1, 0.15) is 36.8 Å². The lowest BCUT2D eigenvalue weighted by molar-refractivity contribution is -0.384. The molecule has 10 nitrogen and oxygen atoms in total. The van der Waals surface area contributed by atoms with Crippen molar-refractivity contribution in [3.05, 3.63) is 27.4 Å². The monoisotopic (exact) mass is 397 g/mol. The maximum absolute atomic E-state index is 13.4. The third-order valence-corrected chi connectivity index (χ3v) is 4.00. The van der Waals surface area contributed by atoms with Gasteiger partial charge in [0.2, 0.25) is 5.82 Å². The number of ether oxygens (including phenoxy) is 1. The average molecular weight is 397 g/mol. The van der Waals surface area contributed by atoms with Crippen LogP contribution in [0.15, 0.2) is 6.07 Å². The minimum Gasteiger partial charge on any atom is -0.444 e. The number of anilines is 1. The number of hydrogen-bond donors (Lipinski definition) is 2. The van der Waals surface area contributed by atoms with Gasteiger partial charge in [-0.3, -0.25) is 14.9 Å². The zero-order chi connectivity index (χ0) is 21.1. The summed E-state index contributed by atoms with van der Waals surface area (Å²) in [4.78, 5) is 40.7. The van der Waals surface area contributed by atoms with Crippen molar-refractivity contribution in [2.45, 2.75) is 38.8 Å². The molecule has 0 aromatic carbocycles. The molecule has 1 aromatic rings. The highest BCUT2D eigenvalue weighted by molar-refractivity contribution is 5.97. The summed E-state index contributed by atoms with van der Waals surface area (Å²) in [6.45, 7) is 4.32. The van der Waals surface area contributed by atoms with E-state index >= 15 is 0 Å². The Morgan fingerprint density at radius 3 is 2.71 bits per heavy atom. The average Bonchev–Trinajstić information content (AvgIpc) is 2.60. The molecular formula is C17H24FN5O5. The van der Waals surface area contributed by atoms with Crippen molar-refractivity contribution in [2.75, 3.05) is 32.1 Å². The highest BCUT2D eigenvalue weighted by Crippen LogP contribution is 2.28. The summed E-state index contributed by atoms with van der Waals surface area (Å²) in [5, 5.41) is 16.2. The van der Waals surface area contributed by atoms with Gasteiger partial charge in [0.1, 0.15) is 12.3 Å². The number of nitro groups is 1. The number of rotatable bonds is 6. The lowest BCUT2D eigenvalue weighted by atomic mass is 10.0. The van der Waals surface area contributed by atoms with Crippen LogP contribution in [0.5, 0.6) is 0 Å². The van der Waals surface area contributed by atoms with E-state index in [4.69, 9.17) is 4.74 Å². The summed E-state index contributed by atoms with van der Waals surface area (Å²) < 4.78 is 18.5. The first-order valence-corrected chi connectivity index (χ1v) is 8.76. The Bertz CT molecular complexity index is 780. The van der Waals surface area contributed by atoms with Crippen LogP contribution < -0.4 is 10.6 Å². The zero-order valence-electron chi connectivity index (χ0n) is 16.2. The fraction of sp³-hybridized carbons (Fsp3) is 0.588. The van der Waals surface area contributed by atoms with E-state index in [1.807, 2.05) is 0 Å². The number of carbonyl (C=O) groups is 2. The quantitative estimate of drug-likeness (QED) is 0.554. The van der Waals surface area contributed by atoms with Crippen molar-refractivity contribution < 1.29 is 23.6 Å². The molecule has 0 fully saturated rings. The lowest BCUT2D eigenvalue weighted by Crippen LogP contribution is -2.50. The summed E-state index contributed by atoms with van der Waals surface area (Å²) in [6, 6.07) is 0.217. The molecule has 0 saturated heterocycles. The molecule has 0 aliphatic carbocycles. The van der Waals surface area contributed by atoms with E-state index in [9.17, 15) is 24.1 Å². The first-order valence-electron chi connectivity index (χ1n) is 8.76. The number of carbonyl (C=O) groups excluding carboxylic acids is 2. The van der Waals surface area contributed by atoms with Crippen LogP contribution in [0.3, 0.4) is 0 Å². The van der Waals surface area contributed by atoms with Crippen LogP contribution in [0, 0.1) is 10.1 Å². The number of nitrogens with zero attached hydrogens (tertiary/aromatic N) is 3. The highest BCUT2D eigenvalue weighted by atomic mass is 19.1. The van der Waals surface area contributed by atoms with E-state index in [1.54, 1.807) is 20.8 Å². The van der Waals surface area contributed by atoms with Crippen molar-refractivity contribution >= 4 is 23.5 Å². The standard InChI is InChI=1S/C17H24FN5O5/c1-17(2,3)28-16(25)20-10(8-18)9-22-6-5-12-11(15(22)24)7-13(23(26)27)14(19-4)21-12/h7,10H,5-6,8-9H2,1-4H3,(H,19,21)(H,20,25)/t10-/m1/s1. The Morgan fingerprint density at radius 1 is 1.50 bits per heavy atom. The third kappa shape index (κ3) is 5.05. The molecule has 1 aromatic heterocycles. The largest absolute Gasteiger partial charge is 0.444 e. The minimum absolute atomic E-state index is 0.0817. The van der Waals surface area contributed by atoms with Crippen LogP contribution in [-0.2, 0) is 11.2 Å². The maximum Gasteiger partial charge on any atom is 0.408 e. The number of amides is 2. The second-order valence-electron chi connectivity index (χ2n) is 7.36. The van der Waals surface area contributed by atoms with Gasteiger partial charge in [0.05, 0.1) is 22.2 Å². The Labute approximate surface area is 161 Å². The van der Waals surface area contributed by atoms with Gasteiger partial charge >= 0.3 is 11.8 Å². The summed E-state index contributed by atoms with van der Waals surface area (Å²) in [6.07, 6.45) is -0.421. The zero-order valence-corrected chi connectivity index (χ0v) is 16.2. The van der Waals surface area contributed by atoms with Gasteiger partial charge in [-0.2, -0.15) is 0 Å². The van der Waals surface area contributed by atoms with Crippen LogP contribution in [-0.4, -0.2) is 65.3 Å². The Balaban J connectivity index is 2.15. The predicted molar refractivity (Wildman–Crippen MR) is 99.2 cm³/mol. The molecule has 0 spiro atoms. The third-order valence-electron chi connectivity index (χ3n) is 4.00. The van der Waals surface area contributed by atoms with Crippen LogP contribution in [0.2, 0.25) is 0 Å². The fourth-order valence-electron chi connectivity index (χ4n) is 2.80. The van der Waals surface area contributed by atoms with Crippen molar-refractivity contribution in [2.24, 2.45) is 0 Å². The number of alkyl halides is 1. The highest BCUT2D eigenvalue weighted by Gasteiger charge is 2.31. The molecule has 0 unspecified atom stereocenters. The van der Waals surface area contributed by atoms with Crippen LogP contribution in [0.25, 0.3) is 0 Å². The summed E-state index contributed by atoms with van der Waals surface area (Å²) in [5.74, 6) is -0.415. The van der Waals surface area contributed by atoms with Gasteiger partial charge in [-0.05, 0) is 20.8 Å². The second-order valence-corrected chi connectivity index (χ2v) is 7.36. The van der Waals surface area contributed by atoms with Crippen molar-refractivity contribution in [3.63, 3.8) is 0 Å². The number of pyridine rings is 1. The second kappa shape index (κ2) is 8.36. The molecule has 154 valence electrons. The van der Waals surface area contributed by atoms with Gasteiger partial charge in [0.25, 0.3) is 5.91 Å². The van der Waals surface area contributed by atoms with Gasteiger partial charge in [0, 0.05) is 32.6 Å². The molecule has 1 aliphatic heterocycles. The lowest BCUT2D eigenvalue weighted by Gasteiger charge is -2.31. The van der Waals surface area contributed by atoms with Crippen LogP contribution >= 0.6 is 0 Å². The van der Waals surface area contributed by atoms with E-state index in [0.29, 0.717) is 12.1 Å². The van der Waals surface area contributed by atoms with Gasteiger partial charge in [-0.15, -0.1) is 0 Å². The summed E-state index contributed by atoms with van der Waals surface area (Å²) in [5.41, 5.74) is -0.509. The molecule has 1 aliphatic rings. The Hall–Kier alpha value is -2.98. The normalized spacial score (nSPS) is 14.9. The molecule has 28 heavy (non-hydrogen) atoms. The molecule has 0 bridgehead atoms. The molecule has 0 saturated carbocycles. The smallest absolute Gasteiger partial charge is 0.408 e. The predicted octanol–water partition coefficient (Wildman–Crippen LogP) is 1.89. The van der Waals surface area contributed by atoms with E-state index < -0.39 is 35.2 Å². The van der Waals surface area contributed by atoms with Crippen molar-refractivity contribution in [3.8, 4) is 0 Å². The minimum atomic E-state index is -0.958. The first-order chi connectivity index (χ1) is 13.1. The molecule has 1 atom stereocenters.